The van der Waals surface area contributed by atoms with E-state index in [1.54, 1.807) is 0 Å². The summed E-state index contributed by atoms with van der Waals surface area (Å²) in [6.45, 7) is 1.47. The van der Waals surface area contributed by atoms with Crippen LogP contribution in [0.2, 0.25) is 0 Å². The topological polar surface area (TPSA) is 90.3 Å². The molecule has 0 aliphatic carbocycles. The predicted octanol–water partition coefficient (Wildman–Crippen LogP) is 5.91. The summed E-state index contributed by atoms with van der Waals surface area (Å²) in [6, 6.07) is 7.02. The Hall–Kier alpha value is -4.20. The van der Waals surface area contributed by atoms with Gasteiger partial charge in [0.15, 0.2) is 5.69 Å². The Morgan fingerprint density at radius 2 is 1.66 bits per heavy atom. The summed E-state index contributed by atoms with van der Waals surface area (Å²) in [5.41, 5.74) is -3.74. The highest BCUT2D eigenvalue weighted by molar-refractivity contribution is 7.16. The molecule has 0 atom stereocenters. The molecule has 1 amide bonds. The Morgan fingerprint density at radius 3 is 2.26 bits per heavy atom. The molecule has 2 aromatic heterocycles. The molecule has 14 heteroatoms. The van der Waals surface area contributed by atoms with E-state index in [2.05, 4.69) is 10.4 Å². The van der Waals surface area contributed by atoms with Gasteiger partial charge in [-0.2, -0.15) is 36.1 Å². The normalized spacial score (nSPS) is 12.0. The number of benzene rings is 2. The Labute approximate surface area is 213 Å². The molecule has 0 radical (unpaired) electrons. The van der Waals surface area contributed by atoms with Crippen LogP contribution in [-0.4, -0.2) is 28.3 Å². The number of alkyl halides is 6. The van der Waals surface area contributed by atoms with E-state index in [4.69, 9.17) is 4.74 Å². The number of carbonyl (C=O) groups excluding carboxylic acids is 2. The second-order valence-corrected chi connectivity index (χ2v) is 8.60. The van der Waals surface area contributed by atoms with Gasteiger partial charge in [0.2, 0.25) is 0 Å². The summed E-state index contributed by atoms with van der Waals surface area (Å²) in [5.74, 6) is -1.90. The van der Waals surface area contributed by atoms with E-state index in [0.29, 0.717) is 10.7 Å². The molecule has 0 aliphatic rings. The van der Waals surface area contributed by atoms with E-state index in [1.165, 1.54) is 12.3 Å². The van der Waals surface area contributed by atoms with Gasteiger partial charge in [-0.15, -0.1) is 11.3 Å². The lowest BCUT2D eigenvalue weighted by Crippen LogP contribution is -2.25. The van der Waals surface area contributed by atoms with Crippen molar-refractivity contribution in [3.63, 3.8) is 0 Å². The molecule has 2 aromatic carbocycles. The fourth-order valence-corrected chi connectivity index (χ4v) is 4.40. The lowest BCUT2D eigenvalue weighted by molar-refractivity contribution is -0.138. The van der Waals surface area contributed by atoms with Crippen LogP contribution in [0.1, 0.15) is 38.9 Å². The zero-order chi connectivity index (χ0) is 27.8. The number of nitrogens with zero attached hydrogens (tertiary/aromatic N) is 2. The second kappa shape index (κ2) is 9.93. The summed E-state index contributed by atoms with van der Waals surface area (Å²) in [5, 5.41) is 7.34. The fraction of sp³-hybridized carbons (Fsp3) is 0.167. The first-order valence-electron chi connectivity index (χ1n) is 10.7. The number of hydrogen-bond acceptors (Lipinski definition) is 6. The van der Waals surface area contributed by atoms with E-state index < -0.39 is 40.9 Å². The van der Waals surface area contributed by atoms with E-state index in [0.717, 1.165) is 53.8 Å². The minimum absolute atomic E-state index is 0.0130. The van der Waals surface area contributed by atoms with E-state index in [1.807, 2.05) is 0 Å². The number of halogens is 6. The molecule has 198 valence electrons. The van der Waals surface area contributed by atoms with Gasteiger partial charge < -0.3 is 10.1 Å². The largest absolute Gasteiger partial charge is 0.461 e. The highest BCUT2D eigenvalue weighted by Gasteiger charge is 2.32. The summed E-state index contributed by atoms with van der Waals surface area (Å²) >= 11 is 0.805. The van der Waals surface area contributed by atoms with Crippen LogP contribution in [0.5, 0.6) is 0 Å². The third-order valence-corrected chi connectivity index (χ3v) is 6.13. The van der Waals surface area contributed by atoms with Gasteiger partial charge >= 0.3 is 18.3 Å². The van der Waals surface area contributed by atoms with Gasteiger partial charge in [-0.25, -0.2) is 4.79 Å². The summed E-state index contributed by atoms with van der Waals surface area (Å²) in [7, 11) is 0. The highest BCUT2D eigenvalue weighted by Crippen LogP contribution is 2.33. The number of rotatable bonds is 5. The summed E-state index contributed by atoms with van der Waals surface area (Å²) < 4.78 is 83.8. The zero-order valence-electron chi connectivity index (χ0n) is 19.1. The van der Waals surface area contributed by atoms with Crippen molar-refractivity contribution >= 4 is 39.0 Å². The SMILES string of the molecule is CCOC(=O)c1nn(-c2ccc(C(F)(F)F)cc2)c(=O)c2c(NC(=O)c3cccc(C(F)(F)F)c3)scc12. The van der Waals surface area contributed by atoms with Crippen molar-refractivity contribution in [2.24, 2.45) is 0 Å². The first kappa shape index (κ1) is 26.9. The number of carbonyl (C=O) groups is 2. The molecular weight excluding hydrogens is 540 g/mol. The van der Waals surface area contributed by atoms with Gasteiger partial charge in [0.1, 0.15) is 5.00 Å². The third kappa shape index (κ3) is 5.25. The van der Waals surface area contributed by atoms with Crippen molar-refractivity contribution in [1.29, 1.82) is 0 Å². The maximum atomic E-state index is 13.4. The van der Waals surface area contributed by atoms with E-state index in [-0.39, 0.29) is 39.3 Å². The Morgan fingerprint density at radius 1 is 1.00 bits per heavy atom. The van der Waals surface area contributed by atoms with Crippen LogP contribution in [0.25, 0.3) is 16.5 Å². The van der Waals surface area contributed by atoms with Crippen LogP contribution in [-0.2, 0) is 17.1 Å². The standard InChI is InChI=1S/C24H15F6N3O4S/c1-2-37-22(36)18-16-11-38-20(31-19(34)12-4-3-5-14(10-12)24(28,29)30)17(16)21(35)33(32-18)15-8-6-13(7-9-15)23(25,26)27/h3-11H,2H2,1H3,(H,31,34). The number of aromatic nitrogens is 2. The van der Waals surface area contributed by atoms with Crippen molar-refractivity contribution < 1.29 is 40.7 Å². The van der Waals surface area contributed by atoms with Crippen molar-refractivity contribution in [3.05, 3.63) is 86.6 Å². The Bertz CT molecular complexity index is 1590. The first-order valence-corrected chi connectivity index (χ1v) is 11.6. The molecule has 0 saturated heterocycles. The number of nitrogens with one attached hydrogen (secondary N) is 1. The van der Waals surface area contributed by atoms with Gasteiger partial charge in [0.25, 0.3) is 11.5 Å². The molecule has 7 nitrogen and oxygen atoms in total. The first-order chi connectivity index (χ1) is 17.8. The maximum Gasteiger partial charge on any atom is 0.416 e. The minimum Gasteiger partial charge on any atom is -0.461 e. The van der Waals surface area contributed by atoms with E-state index >= 15 is 0 Å². The van der Waals surface area contributed by atoms with Crippen LogP contribution in [0.15, 0.2) is 58.7 Å². The Kier molecular flexibility index (Phi) is 7.02. The Balaban J connectivity index is 1.83. The second-order valence-electron chi connectivity index (χ2n) is 7.72. The number of fused-ring (bicyclic) bond motifs is 1. The monoisotopic (exact) mass is 555 g/mol. The van der Waals surface area contributed by atoms with Gasteiger partial charge in [-0.1, -0.05) is 6.07 Å². The molecule has 2 heterocycles. The van der Waals surface area contributed by atoms with Crippen molar-refractivity contribution in [2.75, 3.05) is 11.9 Å². The molecule has 0 spiro atoms. The van der Waals surface area contributed by atoms with Crippen LogP contribution in [0.4, 0.5) is 31.3 Å². The molecule has 0 aliphatic heterocycles. The molecule has 0 fully saturated rings. The molecule has 0 saturated carbocycles. The van der Waals surface area contributed by atoms with Crippen LogP contribution < -0.4 is 10.9 Å². The van der Waals surface area contributed by atoms with Gasteiger partial charge in [0, 0.05) is 16.3 Å². The fourth-order valence-electron chi connectivity index (χ4n) is 3.47. The van der Waals surface area contributed by atoms with Gasteiger partial charge in [-0.05, 0) is 49.4 Å². The summed E-state index contributed by atoms with van der Waals surface area (Å²) in [4.78, 5) is 38.7. The highest BCUT2D eigenvalue weighted by atomic mass is 32.1. The number of amides is 1. The third-order valence-electron chi connectivity index (χ3n) is 5.24. The average molecular weight is 555 g/mol. The molecular formula is C24H15F6N3O4S. The average Bonchev–Trinajstić information content (AvgIpc) is 3.27. The molecule has 4 rings (SSSR count). The maximum absolute atomic E-state index is 13.4. The molecule has 4 aromatic rings. The van der Waals surface area contributed by atoms with Crippen LogP contribution in [0, 0.1) is 0 Å². The number of hydrogen-bond donors (Lipinski definition) is 1. The molecule has 0 bridgehead atoms. The number of thiophene rings is 1. The van der Waals surface area contributed by atoms with Crippen molar-refractivity contribution in [1.82, 2.24) is 9.78 Å². The molecule has 1 N–H and O–H groups in total. The lowest BCUT2D eigenvalue weighted by Gasteiger charge is -2.12. The quantitative estimate of drug-likeness (QED) is 0.244. The number of anilines is 1. The molecule has 38 heavy (non-hydrogen) atoms. The smallest absolute Gasteiger partial charge is 0.416 e. The lowest BCUT2D eigenvalue weighted by atomic mass is 10.1. The molecule has 0 unspecified atom stereocenters. The summed E-state index contributed by atoms with van der Waals surface area (Å²) in [6.07, 6.45) is -9.33. The predicted molar refractivity (Wildman–Crippen MR) is 126 cm³/mol. The van der Waals surface area contributed by atoms with E-state index in [9.17, 15) is 40.7 Å². The number of esters is 1. The zero-order valence-corrected chi connectivity index (χ0v) is 19.9. The van der Waals surface area contributed by atoms with Gasteiger partial charge in [-0.3, -0.25) is 9.59 Å². The van der Waals surface area contributed by atoms with Crippen LogP contribution >= 0.6 is 11.3 Å². The van der Waals surface area contributed by atoms with Crippen molar-refractivity contribution in [3.8, 4) is 5.69 Å². The van der Waals surface area contributed by atoms with Crippen LogP contribution in [0.3, 0.4) is 0 Å². The number of ether oxygens (including phenoxy) is 1. The minimum atomic E-state index is -4.69. The van der Waals surface area contributed by atoms with Crippen molar-refractivity contribution in [2.45, 2.75) is 19.3 Å². The van der Waals surface area contributed by atoms with Gasteiger partial charge in [0.05, 0.1) is 28.8 Å².